The Balaban J connectivity index is 1.51. The number of hydrogen-bond donors (Lipinski definition) is 2. The average Bonchev–Trinajstić information content (AvgIpc) is 2.69. The molecule has 150 valence electrons. The summed E-state index contributed by atoms with van der Waals surface area (Å²) < 4.78 is 0. The Bertz CT molecular complexity index is 774. The number of nitrogens with one attached hydrogen (secondary N) is 1. The van der Waals surface area contributed by atoms with E-state index < -0.39 is 0 Å². The molecule has 0 unspecified atom stereocenters. The number of piperazine rings is 1. The third-order valence-corrected chi connectivity index (χ3v) is 5.28. The van der Waals surface area contributed by atoms with E-state index in [-0.39, 0.29) is 0 Å². The Morgan fingerprint density at radius 3 is 2.39 bits per heavy atom. The maximum atomic E-state index is 6.07. The fourth-order valence-corrected chi connectivity index (χ4v) is 3.35. The van der Waals surface area contributed by atoms with Gasteiger partial charge in [-0.3, -0.25) is 4.90 Å². The van der Waals surface area contributed by atoms with Crippen molar-refractivity contribution in [3.8, 4) is 0 Å². The first kappa shape index (κ1) is 20.4. The van der Waals surface area contributed by atoms with Gasteiger partial charge in [0.25, 0.3) is 0 Å². The SMILES string of the molecule is CC(C)c1cccc(NC(N)=NCc2ccc(CN3CCN(C)CC3)cc2)c1. The number of nitrogens with two attached hydrogens (primary N) is 1. The van der Waals surface area contributed by atoms with Crippen molar-refractivity contribution in [2.24, 2.45) is 10.7 Å². The van der Waals surface area contributed by atoms with Crippen molar-refractivity contribution >= 4 is 11.6 Å². The summed E-state index contributed by atoms with van der Waals surface area (Å²) in [5.41, 5.74) is 10.9. The molecule has 2 aromatic rings. The van der Waals surface area contributed by atoms with E-state index in [1.807, 2.05) is 12.1 Å². The van der Waals surface area contributed by atoms with Crippen LogP contribution in [-0.4, -0.2) is 49.0 Å². The summed E-state index contributed by atoms with van der Waals surface area (Å²) in [5.74, 6) is 0.937. The highest BCUT2D eigenvalue weighted by atomic mass is 15.2. The molecular formula is C23H33N5. The van der Waals surface area contributed by atoms with Crippen molar-refractivity contribution in [3.63, 3.8) is 0 Å². The van der Waals surface area contributed by atoms with Gasteiger partial charge in [-0.25, -0.2) is 4.99 Å². The Labute approximate surface area is 169 Å². The number of nitrogens with zero attached hydrogens (tertiary/aromatic N) is 3. The van der Waals surface area contributed by atoms with Crippen LogP contribution < -0.4 is 11.1 Å². The van der Waals surface area contributed by atoms with Crippen LogP contribution in [0.15, 0.2) is 53.5 Å². The van der Waals surface area contributed by atoms with Crippen LogP contribution in [0.4, 0.5) is 5.69 Å². The van der Waals surface area contributed by atoms with E-state index in [0.29, 0.717) is 18.4 Å². The fraction of sp³-hybridized carbons (Fsp3) is 0.435. The van der Waals surface area contributed by atoms with Gasteiger partial charge in [-0.15, -0.1) is 0 Å². The zero-order valence-electron chi connectivity index (χ0n) is 17.4. The second-order valence-corrected chi connectivity index (χ2v) is 8.00. The van der Waals surface area contributed by atoms with E-state index in [1.165, 1.54) is 16.7 Å². The molecule has 2 aromatic carbocycles. The molecular weight excluding hydrogens is 346 g/mol. The van der Waals surface area contributed by atoms with E-state index in [4.69, 9.17) is 5.73 Å². The first-order valence-corrected chi connectivity index (χ1v) is 10.2. The molecule has 0 atom stereocenters. The van der Waals surface area contributed by atoms with Crippen LogP contribution >= 0.6 is 0 Å². The van der Waals surface area contributed by atoms with Gasteiger partial charge >= 0.3 is 0 Å². The lowest BCUT2D eigenvalue weighted by Crippen LogP contribution is -2.43. The van der Waals surface area contributed by atoms with E-state index >= 15 is 0 Å². The van der Waals surface area contributed by atoms with Crippen LogP contribution in [0.3, 0.4) is 0 Å². The topological polar surface area (TPSA) is 56.9 Å². The fourth-order valence-electron chi connectivity index (χ4n) is 3.35. The molecule has 28 heavy (non-hydrogen) atoms. The summed E-state index contributed by atoms with van der Waals surface area (Å²) >= 11 is 0. The number of rotatable bonds is 6. The zero-order chi connectivity index (χ0) is 19.9. The molecule has 0 aromatic heterocycles. The minimum Gasteiger partial charge on any atom is -0.370 e. The molecule has 0 aliphatic carbocycles. The second-order valence-electron chi connectivity index (χ2n) is 8.00. The number of likely N-dealkylation sites (N-methyl/N-ethyl adjacent to an activating group) is 1. The van der Waals surface area contributed by atoms with Crippen molar-refractivity contribution in [1.82, 2.24) is 9.80 Å². The number of aliphatic imine (C=N–C) groups is 1. The van der Waals surface area contributed by atoms with Gasteiger partial charge in [0, 0.05) is 38.4 Å². The van der Waals surface area contributed by atoms with Gasteiger partial charge in [0.1, 0.15) is 0 Å². The van der Waals surface area contributed by atoms with E-state index in [1.54, 1.807) is 0 Å². The average molecular weight is 380 g/mol. The lowest BCUT2D eigenvalue weighted by atomic mass is 10.0. The van der Waals surface area contributed by atoms with Gasteiger partial charge in [0.2, 0.25) is 0 Å². The summed E-state index contributed by atoms with van der Waals surface area (Å²) in [4.78, 5) is 9.38. The standard InChI is InChI=1S/C23H33N5/c1-18(2)21-5-4-6-22(15-21)26-23(24)25-16-19-7-9-20(10-8-19)17-28-13-11-27(3)12-14-28/h4-10,15,18H,11-14,16-17H2,1-3H3,(H3,24,25,26). The van der Waals surface area contributed by atoms with Crippen LogP contribution in [0.1, 0.15) is 36.5 Å². The van der Waals surface area contributed by atoms with Gasteiger partial charge in [0.05, 0.1) is 6.54 Å². The number of anilines is 1. The third-order valence-electron chi connectivity index (χ3n) is 5.28. The lowest BCUT2D eigenvalue weighted by Gasteiger charge is -2.32. The lowest BCUT2D eigenvalue weighted by molar-refractivity contribution is 0.148. The number of guanidine groups is 1. The summed E-state index contributed by atoms with van der Waals surface area (Å²) in [5, 5.41) is 3.19. The van der Waals surface area contributed by atoms with E-state index in [2.05, 4.69) is 77.4 Å². The summed E-state index contributed by atoms with van der Waals surface area (Å²) in [6.07, 6.45) is 0. The monoisotopic (exact) mass is 379 g/mol. The van der Waals surface area contributed by atoms with Crippen molar-refractivity contribution in [2.45, 2.75) is 32.9 Å². The van der Waals surface area contributed by atoms with Crippen molar-refractivity contribution in [2.75, 3.05) is 38.5 Å². The molecule has 1 saturated heterocycles. The number of benzene rings is 2. The van der Waals surface area contributed by atoms with Gasteiger partial charge in [-0.05, 0) is 41.8 Å². The molecule has 0 amide bonds. The summed E-state index contributed by atoms with van der Waals surface area (Å²) in [6.45, 7) is 10.6. The predicted octanol–water partition coefficient (Wildman–Crippen LogP) is 3.48. The molecule has 1 heterocycles. The number of hydrogen-bond acceptors (Lipinski definition) is 3. The Morgan fingerprint density at radius 2 is 1.71 bits per heavy atom. The van der Waals surface area contributed by atoms with Crippen LogP contribution in [0.5, 0.6) is 0 Å². The molecule has 0 saturated carbocycles. The van der Waals surface area contributed by atoms with Crippen molar-refractivity contribution < 1.29 is 0 Å². The van der Waals surface area contributed by atoms with Crippen LogP contribution in [0.2, 0.25) is 0 Å². The largest absolute Gasteiger partial charge is 0.370 e. The molecule has 0 radical (unpaired) electrons. The van der Waals surface area contributed by atoms with Gasteiger partial charge in [0.15, 0.2) is 5.96 Å². The summed E-state index contributed by atoms with van der Waals surface area (Å²) in [6, 6.07) is 17.0. The summed E-state index contributed by atoms with van der Waals surface area (Å²) in [7, 11) is 2.19. The highest BCUT2D eigenvalue weighted by Crippen LogP contribution is 2.18. The third kappa shape index (κ3) is 6.08. The maximum absolute atomic E-state index is 6.07. The highest BCUT2D eigenvalue weighted by molar-refractivity contribution is 5.92. The molecule has 1 aliphatic rings. The molecule has 3 rings (SSSR count). The second kappa shape index (κ2) is 9.71. The van der Waals surface area contributed by atoms with E-state index in [9.17, 15) is 0 Å². The quantitative estimate of drug-likeness (QED) is 0.596. The highest BCUT2D eigenvalue weighted by Gasteiger charge is 2.13. The first-order valence-electron chi connectivity index (χ1n) is 10.2. The minimum atomic E-state index is 0.447. The zero-order valence-corrected chi connectivity index (χ0v) is 17.4. The van der Waals surface area contributed by atoms with Gasteiger partial charge < -0.3 is 16.0 Å². The molecule has 0 bridgehead atoms. The Hall–Kier alpha value is -2.37. The minimum absolute atomic E-state index is 0.447. The molecule has 1 aliphatic heterocycles. The predicted molar refractivity (Wildman–Crippen MR) is 119 cm³/mol. The molecule has 3 N–H and O–H groups in total. The Kier molecular flexibility index (Phi) is 7.06. The van der Waals surface area contributed by atoms with Crippen molar-refractivity contribution in [3.05, 3.63) is 65.2 Å². The smallest absolute Gasteiger partial charge is 0.193 e. The Morgan fingerprint density at radius 1 is 1.04 bits per heavy atom. The van der Waals surface area contributed by atoms with E-state index in [0.717, 1.165) is 38.4 Å². The van der Waals surface area contributed by atoms with Crippen LogP contribution in [-0.2, 0) is 13.1 Å². The van der Waals surface area contributed by atoms with Crippen LogP contribution in [0, 0.1) is 0 Å². The maximum Gasteiger partial charge on any atom is 0.193 e. The normalized spacial score (nSPS) is 16.5. The molecule has 5 nitrogen and oxygen atoms in total. The molecule has 1 fully saturated rings. The van der Waals surface area contributed by atoms with Gasteiger partial charge in [-0.2, -0.15) is 0 Å². The van der Waals surface area contributed by atoms with Crippen molar-refractivity contribution in [1.29, 1.82) is 0 Å². The van der Waals surface area contributed by atoms with Crippen LogP contribution in [0.25, 0.3) is 0 Å². The molecule has 0 spiro atoms. The molecule has 5 heteroatoms. The first-order chi connectivity index (χ1) is 13.5. The van der Waals surface area contributed by atoms with Gasteiger partial charge in [-0.1, -0.05) is 50.2 Å².